The quantitative estimate of drug-likeness (QED) is 0.408. The molecule has 0 radical (unpaired) electrons. The van der Waals surface area contributed by atoms with Crippen LogP contribution in [0.15, 0.2) is 0 Å². The fourth-order valence-corrected chi connectivity index (χ4v) is 2.19. The van der Waals surface area contributed by atoms with Crippen molar-refractivity contribution < 1.29 is 34.8 Å². The molecule has 2 rings (SSSR count). The Balaban J connectivity index is 2.48. The minimum absolute atomic E-state index is 0.318. The van der Waals surface area contributed by atoms with Gasteiger partial charge in [-0.2, -0.15) is 9.78 Å². The molecule has 1 amide bonds. The number of carbonyl (C=O) groups excluding carboxylic acids is 2. The molecule has 116 valence electrons. The van der Waals surface area contributed by atoms with E-state index in [-0.39, 0.29) is 5.69 Å². The fraction of sp³-hybridized carbons (Fsp3) is 0.545. The molecule has 0 aromatic carbocycles. The van der Waals surface area contributed by atoms with Gasteiger partial charge in [0.1, 0.15) is 30.1 Å². The molecule has 1 fully saturated rings. The molecule has 10 nitrogen and oxygen atoms in total. The third-order valence-electron chi connectivity index (χ3n) is 3.23. The molecule has 1 aliphatic rings. The zero-order chi connectivity index (χ0) is 15.9. The molecule has 1 saturated heterocycles. The lowest BCUT2D eigenvalue weighted by molar-refractivity contribution is -0.0246. The summed E-state index contributed by atoms with van der Waals surface area (Å²) in [5.74, 6) is -2.49. The van der Waals surface area contributed by atoms with E-state index in [4.69, 9.17) is 15.6 Å². The van der Waals surface area contributed by atoms with Gasteiger partial charge in [-0.25, -0.2) is 0 Å². The highest BCUT2D eigenvalue weighted by molar-refractivity contribution is 5.97. The van der Waals surface area contributed by atoms with Crippen LogP contribution in [0, 0.1) is 0 Å². The highest BCUT2D eigenvalue weighted by atomic mass is 16.6. The van der Waals surface area contributed by atoms with Gasteiger partial charge < -0.3 is 30.9 Å². The number of amides is 1. The molecule has 6 N–H and O–H groups in total. The Bertz CT molecular complexity index is 585. The Morgan fingerprint density at radius 3 is 2.38 bits per heavy atom. The first-order chi connectivity index (χ1) is 9.79. The van der Waals surface area contributed by atoms with Crippen LogP contribution in [0.5, 0.6) is 5.75 Å². The molecule has 4 atom stereocenters. The largest absolute Gasteiger partial charge is 0.504 e. The van der Waals surface area contributed by atoms with Crippen molar-refractivity contribution in [3.8, 4) is 5.75 Å². The van der Waals surface area contributed by atoms with Gasteiger partial charge in [-0.15, -0.1) is 0 Å². The van der Waals surface area contributed by atoms with Crippen LogP contribution >= 0.6 is 0 Å². The monoisotopic (exact) mass is 301 g/mol. The Morgan fingerprint density at radius 1 is 1.38 bits per heavy atom. The first kappa shape index (κ1) is 15.4. The second kappa shape index (κ2) is 5.41. The number of rotatable bonds is 3. The third kappa shape index (κ3) is 2.38. The number of aromatic hydroxyl groups is 1. The molecule has 0 saturated carbocycles. The Hall–Kier alpha value is -2.01. The number of aromatic nitrogens is 2. The first-order valence-electron chi connectivity index (χ1n) is 6.04. The van der Waals surface area contributed by atoms with Crippen molar-refractivity contribution in [3.63, 3.8) is 0 Å². The van der Waals surface area contributed by atoms with Gasteiger partial charge in [-0.05, 0) is 0 Å². The van der Waals surface area contributed by atoms with E-state index in [0.29, 0.717) is 4.68 Å². The Kier molecular flexibility index (Phi) is 3.96. The van der Waals surface area contributed by atoms with Gasteiger partial charge in [0.15, 0.2) is 11.4 Å². The number of primary amides is 1. The summed E-state index contributed by atoms with van der Waals surface area (Å²) in [6.45, 7) is 0.533. The van der Waals surface area contributed by atoms with Crippen LogP contribution in [-0.4, -0.2) is 66.9 Å². The van der Waals surface area contributed by atoms with Crippen LogP contribution in [-0.2, 0) is 4.74 Å². The minimum Gasteiger partial charge on any atom is -0.504 e. The molecule has 10 heteroatoms. The molecule has 0 bridgehead atoms. The van der Waals surface area contributed by atoms with Crippen molar-refractivity contribution in [2.75, 3.05) is 6.61 Å². The highest BCUT2D eigenvalue weighted by Crippen LogP contribution is 2.38. The molecule has 0 aliphatic carbocycles. The maximum Gasteiger partial charge on any atom is 0.271 e. The van der Waals surface area contributed by atoms with Crippen LogP contribution in [0.4, 0.5) is 0 Å². The molecule has 2 heterocycles. The second-order valence-corrected chi connectivity index (χ2v) is 4.64. The summed E-state index contributed by atoms with van der Waals surface area (Å²) in [6.07, 6.45) is -5.29. The number of hydrogen-bond donors (Lipinski definition) is 5. The molecule has 1 aromatic heterocycles. The maximum absolute atomic E-state index is 11.4. The molecule has 0 unspecified atom stereocenters. The number of hydrogen-bond acceptors (Lipinski definition) is 8. The lowest BCUT2D eigenvalue weighted by atomic mass is 10.1. The van der Waals surface area contributed by atoms with E-state index >= 15 is 0 Å². The van der Waals surface area contributed by atoms with E-state index in [0.717, 1.165) is 6.92 Å². The number of carbonyl (C=O) groups is 2. The lowest BCUT2D eigenvalue weighted by Crippen LogP contribution is -2.32. The molecule has 0 spiro atoms. The molecular weight excluding hydrogens is 286 g/mol. The predicted molar refractivity (Wildman–Crippen MR) is 65.4 cm³/mol. The summed E-state index contributed by atoms with van der Waals surface area (Å²) in [5.41, 5.74) is 4.21. The molecular formula is C11H15N3O7. The van der Waals surface area contributed by atoms with Gasteiger partial charge in [-0.3, -0.25) is 9.59 Å². The normalized spacial score (nSPS) is 28.8. The van der Waals surface area contributed by atoms with Gasteiger partial charge in [0, 0.05) is 6.92 Å². The van der Waals surface area contributed by atoms with Gasteiger partial charge in [-0.1, -0.05) is 0 Å². The number of ether oxygens (including phenoxy) is 1. The fourth-order valence-electron chi connectivity index (χ4n) is 2.19. The van der Waals surface area contributed by atoms with E-state index in [1.54, 1.807) is 0 Å². The van der Waals surface area contributed by atoms with E-state index in [1.807, 2.05) is 0 Å². The number of aliphatic hydroxyl groups is 3. The van der Waals surface area contributed by atoms with Crippen molar-refractivity contribution in [1.82, 2.24) is 9.78 Å². The van der Waals surface area contributed by atoms with E-state index in [1.165, 1.54) is 0 Å². The van der Waals surface area contributed by atoms with Crippen LogP contribution in [0.3, 0.4) is 0 Å². The van der Waals surface area contributed by atoms with Gasteiger partial charge in [0.2, 0.25) is 5.91 Å². The summed E-state index contributed by atoms with van der Waals surface area (Å²) < 4.78 is 5.77. The van der Waals surface area contributed by atoms with Crippen molar-refractivity contribution in [1.29, 1.82) is 0 Å². The van der Waals surface area contributed by atoms with Crippen LogP contribution < -0.4 is 5.73 Å². The number of aliphatic hydroxyl groups excluding tert-OH is 3. The maximum atomic E-state index is 11.4. The zero-order valence-corrected chi connectivity index (χ0v) is 11.0. The molecule has 21 heavy (non-hydrogen) atoms. The number of nitrogens with two attached hydrogens (primary N) is 1. The lowest BCUT2D eigenvalue weighted by Gasteiger charge is -2.12. The second-order valence-electron chi connectivity index (χ2n) is 4.64. The summed E-state index contributed by atoms with van der Waals surface area (Å²) in [6, 6.07) is 0. The first-order valence-corrected chi connectivity index (χ1v) is 6.04. The van der Waals surface area contributed by atoms with Crippen molar-refractivity contribution in [3.05, 3.63) is 11.4 Å². The van der Waals surface area contributed by atoms with Gasteiger partial charge in [0.05, 0.1) is 6.61 Å². The third-order valence-corrected chi connectivity index (χ3v) is 3.23. The van der Waals surface area contributed by atoms with E-state index < -0.39 is 54.3 Å². The Morgan fingerprint density at radius 2 is 2.00 bits per heavy atom. The van der Waals surface area contributed by atoms with E-state index in [9.17, 15) is 24.9 Å². The average molecular weight is 301 g/mol. The summed E-state index contributed by atoms with van der Waals surface area (Å²) in [5, 5.41) is 42.2. The highest BCUT2D eigenvalue weighted by Gasteiger charge is 2.46. The zero-order valence-electron chi connectivity index (χ0n) is 11.0. The molecule has 1 aliphatic heterocycles. The van der Waals surface area contributed by atoms with Crippen molar-refractivity contribution >= 4 is 11.8 Å². The van der Waals surface area contributed by atoms with Crippen LogP contribution in [0.2, 0.25) is 0 Å². The predicted octanol–water partition coefficient (Wildman–Crippen LogP) is -2.50. The summed E-state index contributed by atoms with van der Waals surface area (Å²) in [7, 11) is 0. The topological polar surface area (TPSA) is 168 Å². The summed E-state index contributed by atoms with van der Waals surface area (Å²) in [4.78, 5) is 22.7. The van der Waals surface area contributed by atoms with Crippen LogP contribution in [0.25, 0.3) is 0 Å². The van der Waals surface area contributed by atoms with Crippen LogP contribution in [0.1, 0.15) is 34.0 Å². The smallest absolute Gasteiger partial charge is 0.271 e. The Labute approximate surface area is 118 Å². The summed E-state index contributed by atoms with van der Waals surface area (Å²) >= 11 is 0. The number of nitrogens with zero attached hydrogens (tertiary/aromatic N) is 2. The standard InChI is InChI=1S/C11H15N3O7/c1-3(16)14-6(11(12)20)8(18)5(13-14)10-9(19)7(17)4(2-15)21-10/h4,7,9-10,15,17-19H,2H2,1H3,(H2,12,20)/t4-,7-,9-,10+/m1/s1. The minimum atomic E-state index is -1.50. The van der Waals surface area contributed by atoms with E-state index in [2.05, 4.69) is 5.10 Å². The van der Waals surface area contributed by atoms with Gasteiger partial charge in [0.25, 0.3) is 5.91 Å². The SMILES string of the molecule is CC(=O)n1nc([C@@H]2O[C@H](CO)[C@@H](O)[C@H]2O)c(O)c1C(N)=O. The van der Waals surface area contributed by atoms with Gasteiger partial charge >= 0.3 is 0 Å². The average Bonchev–Trinajstić information content (AvgIpc) is 2.89. The van der Waals surface area contributed by atoms with Crippen molar-refractivity contribution in [2.24, 2.45) is 5.73 Å². The molecule has 1 aromatic rings. The van der Waals surface area contributed by atoms with Crippen molar-refractivity contribution in [2.45, 2.75) is 31.3 Å².